The van der Waals surface area contributed by atoms with Gasteiger partial charge in [0.2, 0.25) is 5.91 Å². The van der Waals surface area contributed by atoms with Crippen LogP contribution in [0.1, 0.15) is 12.8 Å². The first kappa shape index (κ1) is 10.0. The largest absolute Gasteiger partial charge is 0.399 e. The van der Waals surface area contributed by atoms with Crippen LogP contribution in [0.25, 0.3) is 0 Å². The van der Waals surface area contributed by atoms with Gasteiger partial charge in [-0.1, -0.05) is 0 Å². The van der Waals surface area contributed by atoms with Crippen molar-refractivity contribution in [1.82, 2.24) is 0 Å². The molecule has 2 aliphatic rings. The SMILES string of the molecule is Nc1ccc2c(c1)N(C(=O)C1CC1)CCS2. The van der Waals surface area contributed by atoms with E-state index in [1.54, 1.807) is 11.8 Å². The van der Waals surface area contributed by atoms with Gasteiger partial charge in [-0.15, -0.1) is 11.8 Å². The van der Waals surface area contributed by atoms with E-state index in [2.05, 4.69) is 0 Å². The maximum atomic E-state index is 12.1. The van der Waals surface area contributed by atoms with Crippen molar-refractivity contribution < 1.29 is 4.79 Å². The highest BCUT2D eigenvalue weighted by molar-refractivity contribution is 7.99. The summed E-state index contributed by atoms with van der Waals surface area (Å²) in [7, 11) is 0. The normalized spacial score (nSPS) is 19.4. The Labute approximate surface area is 99.0 Å². The molecule has 1 fully saturated rings. The highest BCUT2D eigenvalue weighted by Gasteiger charge is 2.35. The summed E-state index contributed by atoms with van der Waals surface area (Å²) in [4.78, 5) is 15.2. The molecule has 1 amide bonds. The van der Waals surface area contributed by atoms with E-state index >= 15 is 0 Å². The van der Waals surface area contributed by atoms with Gasteiger partial charge in [-0.05, 0) is 31.0 Å². The van der Waals surface area contributed by atoms with E-state index < -0.39 is 0 Å². The molecule has 1 aromatic rings. The lowest BCUT2D eigenvalue weighted by Gasteiger charge is -2.29. The summed E-state index contributed by atoms with van der Waals surface area (Å²) in [6.45, 7) is 0.816. The predicted octanol–water partition coefficient (Wildman–Crippen LogP) is 2.12. The number of nitrogens with zero attached hydrogens (tertiary/aromatic N) is 1. The summed E-state index contributed by atoms with van der Waals surface area (Å²) < 4.78 is 0. The van der Waals surface area contributed by atoms with E-state index in [1.165, 1.54) is 4.90 Å². The smallest absolute Gasteiger partial charge is 0.230 e. The Morgan fingerprint density at radius 3 is 3.00 bits per heavy atom. The van der Waals surface area contributed by atoms with Gasteiger partial charge in [0.25, 0.3) is 0 Å². The Balaban J connectivity index is 1.97. The van der Waals surface area contributed by atoms with Crippen molar-refractivity contribution in [3.05, 3.63) is 18.2 Å². The molecule has 2 N–H and O–H groups in total. The Bertz CT molecular complexity index is 443. The number of carbonyl (C=O) groups excluding carboxylic acids is 1. The number of rotatable bonds is 1. The summed E-state index contributed by atoms with van der Waals surface area (Å²) in [6, 6.07) is 5.83. The topological polar surface area (TPSA) is 46.3 Å². The molecule has 0 atom stereocenters. The van der Waals surface area contributed by atoms with Gasteiger partial charge in [0.05, 0.1) is 5.69 Å². The fraction of sp³-hybridized carbons (Fsp3) is 0.417. The highest BCUT2D eigenvalue weighted by Crippen LogP contribution is 2.39. The maximum absolute atomic E-state index is 12.1. The predicted molar refractivity (Wildman–Crippen MR) is 66.7 cm³/mol. The lowest BCUT2D eigenvalue weighted by molar-refractivity contribution is -0.119. The van der Waals surface area contributed by atoms with Gasteiger partial charge in [0, 0.05) is 28.8 Å². The average Bonchev–Trinajstić information content (AvgIpc) is 3.11. The van der Waals surface area contributed by atoms with E-state index in [0.717, 1.165) is 36.5 Å². The Hall–Kier alpha value is -1.16. The zero-order valence-electron chi connectivity index (χ0n) is 8.98. The van der Waals surface area contributed by atoms with E-state index in [-0.39, 0.29) is 11.8 Å². The van der Waals surface area contributed by atoms with Crippen LogP contribution in [0.3, 0.4) is 0 Å². The van der Waals surface area contributed by atoms with Gasteiger partial charge >= 0.3 is 0 Å². The first-order valence-corrected chi connectivity index (χ1v) is 6.58. The van der Waals surface area contributed by atoms with Crippen LogP contribution in [0.5, 0.6) is 0 Å². The van der Waals surface area contributed by atoms with Crippen LogP contribution in [-0.4, -0.2) is 18.2 Å². The number of anilines is 2. The van der Waals surface area contributed by atoms with Crippen molar-refractivity contribution in [1.29, 1.82) is 0 Å². The van der Waals surface area contributed by atoms with Crippen LogP contribution >= 0.6 is 11.8 Å². The minimum Gasteiger partial charge on any atom is -0.399 e. The zero-order chi connectivity index (χ0) is 11.1. The number of thioether (sulfide) groups is 1. The monoisotopic (exact) mass is 234 g/mol. The molecule has 1 aromatic carbocycles. The summed E-state index contributed by atoms with van der Waals surface area (Å²) in [5.74, 6) is 1.54. The molecular formula is C12H14N2OS. The van der Waals surface area contributed by atoms with E-state index in [1.807, 2.05) is 23.1 Å². The molecule has 1 aliphatic heterocycles. The second-order valence-corrected chi connectivity index (χ2v) is 5.48. The van der Waals surface area contributed by atoms with Crippen LogP contribution in [0.15, 0.2) is 23.1 Å². The van der Waals surface area contributed by atoms with Gasteiger partial charge in [0.15, 0.2) is 0 Å². The summed E-state index contributed by atoms with van der Waals surface area (Å²) >= 11 is 1.80. The summed E-state index contributed by atoms with van der Waals surface area (Å²) in [5, 5.41) is 0. The average molecular weight is 234 g/mol. The number of amides is 1. The maximum Gasteiger partial charge on any atom is 0.230 e. The third-order valence-corrected chi connectivity index (χ3v) is 4.08. The van der Waals surface area contributed by atoms with E-state index in [4.69, 9.17) is 5.73 Å². The van der Waals surface area contributed by atoms with Gasteiger partial charge < -0.3 is 10.6 Å². The number of hydrogen-bond acceptors (Lipinski definition) is 3. The molecule has 4 heteroatoms. The fourth-order valence-corrected chi connectivity index (χ4v) is 2.99. The number of nitrogen functional groups attached to an aromatic ring is 1. The molecule has 0 radical (unpaired) electrons. The standard InChI is InChI=1S/C12H14N2OS/c13-9-3-4-11-10(7-9)14(5-6-16-11)12(15)8-1-2-8/h3-4,7-8H,1-2,5-6,13H2. The number of fused-ring (bicyclic) bond motifs is 1. The number of benzene rings is 1. The van der Waals surface area contributed by atoms with E-state index in [0.29, 0.717) is 0 Å². The van der Waals surface area contributed by atoms with Crippen LogP contribution in [0.4, 0.5) is 11.4 Å². The molecule has 0 saturated heterocycles. The first-order chi connectivity index (χ1) is 7.75. The Morgan fingerprint density at radius 1 is 1.44 bits per heavy atom. The molecule has 0 spiro atoms. The molecule has 0 bridgehead atoms. The molecule has 0 aromatic heterocycles. The van der Waals surface area contributed by atoms with Crippen molar-refractivity contribution in [3.8, 4) is 0 Å². The quantitative estimate of drug-likeness (QED) is 0.757. The van der Waals surface area contributed by atoms with Crippen molar-refractivity contribution in [2.75, 3.05) is 22.9 Å². The molecule has 0 unspecified atom stereocenters. The fourth-order valence-electron chi connectivity index (χ4n) is 2.01. The Kier molecular flexibility index (Phi) is 2.32. The second-order valence-electron chi connectivity index (χ2n) is 4.34. The van der Waals surface area contributed by atoms with Crippen LogP contribution < -0.4 is 10.6 Å². The minimum absolute atomic E-state index is 0.275. The molecule has 3 rings (SSSR count). The number of hydrogen-bond donors (Lipinski definition) is 1. The van der Waals surface area contributed by atoms with Crippen molar-refractivity contribution in [3.63, 3.8) is 0 Å². The molecule has 16 heavy (non-hydrogen) atoms. The van der Waals surface area contributed by atoms with Gasteiger partial charge in [0.1, 0.15) is 0 Å². The highest BCUT2D eigenvalue weighted by atomic mass is 32.2. The lowest BCUT2D eigenvalue weighted by Crippen LogP contribution is -2.36. The Morgan fingerprint density at radius 2 is 2.25 bits per heavy atom. The molecule has 1 aliphatic carbocycles. The summed E-state index contributed by atoms with van der Waals surface area (Å²) in [5.41, 5.74) is 7.53. The van der Waals surface area contributed by atoms with E-state index in [9.17, 15) is 4.79 Å². The summed E-state index contributed by atoms with van der Waals surface area (Å²) in [6.07, 6.45) is 2.11. The molecule has 84 valence electrons. The second kappa shape index (κ2) is 3.70. The van der Waals surface area contributed by atoms with Crippen LogP contribution in [0.2, 0.25) is 0 Å². The zero-order valence-corrected chi connectivity index (χ0v) is 9.80. The first-order valence-electron chi connectivity index (χ1n) is 5.59. The van der Waals surface area contributed by atoms with Gasteiger partial charge in [-0.2, -0.15) is 0 Å². The number of nitrogens with two attached hydrogens (primary N) is 1. The van der Waals surface area contributed by atoms with Crippen LogP contribution in [-0.2, 0) is 4.79 Å². The van der Waals surface area contributed by atoms with Crippen molar-refractivity contribution in [2.24, 2.45) is 5.92 Å². The molecule has 3 nitrogen and oxygen atoms in total. The molecular weight excluding hydrogens is 220 g/mol. The third kappa shape index (κ3) is 1.67. The lowest BCUT2D eigenvalue weighted by atomic mass is 10.2. The van der Waals surface area contributed by atoms with Crippen molar-refractivity contribution >= 4 is 29.0 Å². The number of carbonyl (C=O) groups is 1. The van der Waals surface area contributed by atoms with Crippen molar-refractivity contribution in [2.45, 2.75) is 17.7 Å². The third-order valence-electron chi connectivity index (χ3n) is 3.04. The minimum atomic E-state index is 0.275. The van der Waals surface area contributed by atoms with Gasteiger partial charge in [-0.3, -0.25) is 4.79 Å². The molecule has 1 heterocycles. The molecule has 1 saturated carbocycles. The van der Waals surface area contributed by atoms with Crippen LogP contribution in [0, 0.1) is 5.92 Å². The van der Waals surface area contributed by atoms with Gasteiger partial charge in [-0.25, -0.2) is 0 Å².